The van der Waals surface area contributed by atoms with Gasteiger partial charge in [0, 0.05) is 18.4 Å². The second-order valence-electron chi connectivity index (χ2n) is 5.03. The van der Waals surface area contributed by atoms with Crippen LogP contribution in [0.1, 0.15) is 18.4 Å². The molecule has 1 aliphatic rings. The number of halogens is 2. The van der Waals surface area contributed by atoms with E-state index in [1.807, 2.05) is 12.1 Å². The highest BCUT2D eigenvalue weighted by Gasteiger charge is 2.23. The average Bonchev–Trinajstić information content (AvgIpc) is 2.38. The average molecular weight is 332 g/mol. The Morgan fingerprint density at radius 3 is 2.67 bits per heavy atom. The molecule has 1 saturated heterocycles. The summed E-state index contributed by atoms with van der Waals surface area (Å²) in [7, 11) is 4.36. The first-order chi connectivity index (χ1) is 8.63. The lowest BCUT2D eigenvalue weighted by Gasteiger charge is -2.37. The molecule has 0 atom stereocenters. The highest BCUT2D eigenvalue weighted by atomic mass is 79.9. The van der Waals surface area contributed by atoms with Crippen LogP contribution in [0.5, 0.6) is 0 Å². The third-order valence-electron chi connectivity index (χ3n) is 3.80. The van der Waals surface area contributed by atoms with Crippen LogP contribution in [-0.4, -0.2) is 38.1 Å². The fourth-order valence-corrected chi connectivity index (χ4v) is 3.41. The van der Waals surface area contributed by atoms with Gasteiger partial charge in [0.2, 0.25) is 0 Å². The first kappa shape index (κ1) is 14.2. The molecule has 1 aromatic rings. The molecule has 2 nitrogen and oxygen atoms in total. The molecule has 0 amide bonds. The largest absolute Gasteiger partial charge is 0.370 e. The van der Waals surface area contributed by atoms with Crippen molar-refractivity contribution in [2.45, 2.75) is 24.2 Å². The van der Waals surface area contributed by atoms with Gasteiger partial charge in [-0.15, -0.1) is 0 Å². The number of alkyl halides is 1. The SMILES string of the molecule is CN1CCC(N(C)c2c(Cl)cccc2CBr)CC1. The Morgan fingerprint density at radius 1 is 1.39 bits per heavy atom. The lowest BCUT2D eigenvalue weighted by Crippen LogP contribution is -2.42. The lowest BCUT2D eigenvalue weighted by molar-refractivity contribution is 0.253. The maximum Gasteiger partial charge on any atom is 0.0642 e. The van der Waals surface area contributed by atoms with E-state index >= 15 is 0 Å². The molecule has 0 N–H and O–H groups in total. The minimum absolute atomic E-state index is 0.596. The fraction of sp³-hybridized carbons (Fsp3) is 0.571. The molecule has 0 saturated carbocycles. The van der Waals surface area contributed by atoms with Gasteiger partial charge in [0.15, 0.2) is 0 Å². The molecule has 1 fully saturated rings. The number of hydrogen-bond donors (Lipinski definition) is 0. The summed E-state index contributed by atoms with van der Waals surface area (Å²) < 4.78 is 0. The van der Waals surface area contributed by atoms with Crippen molar-refractivity contribution >= 4 is 33.2 Å². The van der Waals surface area contributed by atoms with E-state index in [0.29, 0.717) is 6.04 Å². The van der Waals surface area contributed by atoms with Crippen LogP contribution in [0.3, 0.4) is 0 Å². The van der Waals surface area contributed by atoms with Crippen molar-refractivity contribution in [1.82, 2.24) is 4.90 Å². The number of anilines is 1. The summed E-state index contributed by atoms with van der Waals surface area (Å²) in [6.45, 7) is 2.34. The van der Waals surface area contributed by atoms with E-state index in [9.17, 15) is 0 Å². The molecular weight excluding hydrogens is 312 g/mol. The van der Waals surface area contributed by atoms with Gasteiger partial charge < -0.3 is 9.80 Å². The van der Waals surface area contributed by atoms with E-state index in [1.54, 1.807) is 0 Å². The first-order valence-electron chi connectivity index (χ1n) is 6.38. The van der Waals surface area contributed by atoms with Gasteiger partial charge in [-0.25, -0.2) is 0 Å². The molecule has 0 aromatic heterocycles. The quantitative estimate of drug-likeness (QED) is 0.778. The molecule has 0 spiro atoms. The number of para-hydroxylation sites is 1. The Labute approximate surface area is 123 Å². The molecule has 0 radical (unpaired) electrons. The second-order valence-corrected chi connectivity index (χ2v) is 5.99. The van der Waals surface area contributed by atoms with Crippen molar-refractivity contribution in [2.24, 2.45) is 0 Å². The summed E-state index contributed by atoms with van der Waals surface area (Å²) in [6.07, 6.45) is 2.42. The number of likely N-dealkylation sites (tertiary alicyclic amines) is 1. The Balaban J connectivity index is 2.20. The zero-order valence-electron chi connectivity index (χ0n) is 11.0. The second kappa shape index (κ2) is 6.27. The van der Waals surface area contributed by atoms with Crippen LogP contribution >= 0.6 is 27.5 Å². The van der Waals surface area contributed by atoms with Gasteiger partial charge in [-0.2, -0.15) is 0 Å². The number of rotatable bonds is 3. The topological polar surface area (TPSA) is 6.48 Å². The standard InChI is InChI=1S/C14H20BrClN2/c1-17-8-6-12(7-9-17)18(2)14-11(10-15)4-3-5-13(14)16/h3-5,12H,6-10H2,1-2H3. The smallest absolute Gasteiger partial charge is 0.0642 e. The minimum atomic E-state index is 0.596. The summed E-state index contributed by atoms with van der Waals surface area (Å²) in [5, 5.41) is 1.70. The van der Waals surface area contributed by atoms with Crippen molar-refractivity contribution in [3.05, 3.63) is 28.8 Å². The van der Waals surface area contributed by atoms with Crippen LogP contribution in [0.4, 0.5) is 5.69 Å². The van der Waals surface area contributed by atoms with Gasteiger partial charge in [0.05, 0.1) is 10.7 Å². The van der Waals surface area contributed by atoms with Gasteiger partial charge in [-0.3, -0.25) is 0 Å². The van der Waals surface area contributed by atoms with E-state index < -0.39 is 0 Å². The van der Waals surface area contributed by atoms with Crippen LogP contribution in [0, 0.1) is 0 Å². The molecule has 0 aliphatic carbocycles. The van der Waals surface area contributed by atoms with Crippen molar-refractivity contribution in [3.63, 3.8) is 0 Å². The van der Waals surface area contributed by atoms with Crippen LogP contribution in [0.2, 0.25) is 5.02 Å². The zero-order chi connectivity index (χ0) is 13.1. The summed E-state index contributed by atoms with van der Waals surface area (Å²) in [4.78, 5) is 4.76. The molecule has 0 bridgehead atoms. The molecule has 2 rings (SSSR count). The van der Waals surface area contributed by atoms with Crippen molar-refractivity contribution in [1.29, 1.82) is 0 Å². The van der Waals surface area contributed by atoms with E-state index in [2.05, 4.69) is 45.9 Å². The monoisotopic (exact) mass is 330 g/mol. The summed E-state index contributed by atoms with van der Waals surface area (Å²) in [5.41, 5.74) is 2.45. The number of benzene rings is 1. The molecular formula is C14H20BrClN2. The van der Waals surface area contributed by atoms with Crippen LogP contribution in [-0.2, 0) is 5.33 Å². The van der Waals surface area contributed by atoms with E-state index in [0.717, 1.165) is 10.4 Å². The first-order valence-corrected chi connectivity index (χ1v) is 7.88. The molecule has 0 unspecified atom stereocenters. The summed E-state index contributed by atoms with van der Waals surface area (Å²) in [6, 6.07) is 6.74. The molecule has 100 valence electrons. The van der Waals surface area contributed by atoms with E-state index in [-0.39, 0.29) is 0 Å². The molecule has 1 aliphatic heterocycles. The minimum Gasteiger partial charge on any atom is -0.370 e. The Morgan fingerprint density at radius 2 is 2.06 bits per heavy atom. The van der Waals surface area contributed by atoms with Gasteiger partial charge in [-0.05, 0) is 44.6 Å². The van der Waals surface area contributed by atoms with E-state index in [4.69, 9.17) is 11.6 Å². The normalized spacial score (nSPS) is 18.0. The predicted molar refractivity (Wildman–Crippen MR) is 83.0 cm³/mol. The van der Waals surface area contributed by atoms with Crippen LogP contribution in [0.15, 0.2) is 18.2 Å². The Kier molecular flexibility index (Phi) is 4.93. The zero-order valence-corrected chi connectivity index (χ0v) is 13.3. The van der Waals surface area contributed by atoms with Crippen molar-refractivity contribution < 1.29 is 0 Å². The van der Waals surface area contributed by atoms with Gasteiger partial charge in [0.1, 0.15) is 0 Å². The lowest BCUT2D eigenvalue weighted by atomic mass is 10.0. The van der Waals surface area contributed by atoms with Crippen LogP contribution in [0.25, 0.3) is 0 Å². The number of hydrogen-bond acceptors (Lipinski definition) is 2. The maximum atomic E-state index is 6.38. The van der Waals surface area contributed by atoms with Crippen molar-refractivity contribution in [3.8, 4) is 0 Å². The number of piperidine rings is 1. The van der Waals surface area contributed by atoms with E-state index in [1.165, 1.54) is 37.2 Å². The Bertz CT molecular complexity index is 403. The fourth-order valence-electron chi connectivity index (χ4n) is 2.63. The highest BCUT2D eigenvalue weighted by molar-refractivity contribution is 9.08. The molecule has 4 heteroatoms. The summed E-state index contributed by atoms with van der Waals surface area (Å²) >= 11 is 9.93. The summed E-state index contributed by atoms with van der Waals surface area (Å²) in [5.74, 6) is 0. The number of nitrogens with zero attached hydrogens (tertiary/aromatic N) is 2. The third kappa shape index (κ3) is 3.01. The molecule has 1 aromatic carbocycles. The highest BCUT2D eigenvalue weighted by Crippen LogP contribution is 2.33. The molecule has 1 heterocycles. The van der Waals surface area contributed by atoms with Gasteiger partial charge in [-0.1, -0.05) is 39.7 Å². The molecule has 18 heavy (non-hydrogen) atoms. The van der Waals surface area contributed by atoms with Gasteiger partial charge in [0.25, 0.3) is 0 Å². The third-order valence-corrected chi connectivity index (χ3v) is 4.71. The predicted octanol–water partition coefficient (Wildman–Crippen LogP) is 3.77. The van der Waals surface area contributed by atoms with Gasteiger partial charge >= 0.3 is 0 Å². The van der Waals surface area contributed by atoms with Crippen LogP contribution < -0.4 is 4.90 Å². The maximum absolute atomic E-state index is 6.38. The Hall–Kier alpha value is -0.250. The van der Waals surface area contributed by atoms with Crippen molar-refractivity contribution in [2.75, 3.05) is 32.1 Å².